The molecular weight excluding hydrogens is 501 g/mol. The number of sulfone groups is 1. The zero-order valence-electron chi connectivity index (χ0n) is 17.4. The zero-order valence-corrected chi connectivity index (χ0v) is 19.8. The van der Waals surface area contributed by atoms with Crippen molar-refractivity contribution in [1.29, 1.82) is 0 Å². The van der Waals surface area contributed by atoms with Crippen molar-refractivity contribution in [1.82, 2.24) is 19.1 Å². The largest absolute Gasteiger partial charge is 0.431 e. The third-order valence-corrected chi connectivity index (χ3v) is 8.80. The molecule has 0 saturated carbocycles. The van der Waals surface area contributed by atoms with Gasteiger partial charge in [0.25, 0.3) is 5.56 Å². The van der Waals surface area contributed by atoms with Gasteiger partial charge in [-0.25, -0.2) is 18.4 Å². The Morgan fingerprint density at radius 3 is 2.30 bits per heavy atom. The molecule has 0 amide bonds. The monoisotopic (exact) mass is 516 g/mol. The van der Waals surface area contributed by atoms with Gasteiger partial charge in [0.15, 0.2) is 19.9 Å². The van der Waals surface area contributed by atoms with Gasteiger partial charge in [0.1, 0.15) is 21.9 Å². The number of halogens is 4. The summed E-state index contributed by atoms with van der Waals surface area (Å²) in [5.74, 6) is -0.239. The van der Waals surface area contributed by atoms with Crippen LogP contribution < -0.4 is 5.56 Å². The molecule has 3 aromatic heterocycles. The van der Waals surface area contributed by atoms with Crippen LogP contribution >= 0.6 is 22.9 Å². The Kier molecular flexibility index (Phi) is 5.66. The lowest BCUT2D eigenvalue weighted by Gasteiger charge is -2.11. The first kappa shape index (κ1) is 23.5. The van der Waals surface area contributed by atoms with Gasteiger partial charge < -0.3 is 9.13 Å². The molecule has 0 N–H and O–H groups in total. The second kappa shape index (κ2) is 7.96. The van der Waals surface area contributed by atoms with E-state index in [9.17, 15) is 26.4 Å². The Hall–Kier alpha value is -2.70. The lowest BCUT2D eigenvalue weighted by Crippen LogP contribution is -2.26. The van der Waals surface area contributed by atoms with Gasteiger partial charge in [-0.1, -0.05) is 30.7 Å². The molecule has 0 aliphatic heterocycles. The summed E-state index contributed by atoms with van der Waals surface area (Å²) in [6.07, 6.45) is -4.77. The van der Waals surface area contributed by atoms with Gasteiger partial charge in [-0.2, -0.15) is 13.2 Å². The molecule has 174 valence electrons. The average molecular weight is 517 g/mol. The number of nitrogens with zero attached hydrogens (tertiary/aromatic N) is 4. The Morgan fingerprint density at radius 2 is 1.73 bits per heavy atom. The van der Waals surface area contributed by atoms with Crippen LogP contribution in [0.1, 0.15) is 12.6 Å². The molecule has 33 heavy (non-hydrogen) atoms. The van der Waals surface area contributed by atoms with Crippen molar-refractivity contribution < 1.29 is 21.6 Å². The Balaban J connectivity index is 2.03. The normalized spacial score (nSPS) is 12.6. The van der Waals surface area contributed by atoms with Crippen LogP contribution in [-0.4, -0.2) is 33.3 Å². The van der Waals surface area contributed by atoms with Crippen LogP contribution in [0.15, 0.2) is 39.3 Å². The molecule has 7 nitrogen and oxygen atoms in total. The van der Waals surface area contributed by atoms with E-state index in [1.54, 1.807) is 24.3 Å². The highest BCUT2D eigenvalue weighted by atomic mass is 35.5. The molecule has 0 saturated heterocycles. The van der Waals surface area contributed by atoms with E-state index in [1.165, 1.54) is 18.5 Å². The second-order valence-electron chi connectivity index (χ2n) is 7.19. The molecule has 4 aromatic rings. The molecule has 1 aromatic carbocycles. The van der Waals surface area contributed by atoms with Gasteiger partial charge in [-0.3, -0.25) is 4.79 Å². The fourth-order valence-electron chi connectivity index (χ4n) is 3.36. The number of aryl methyl sites for hydroxylation is 1. The van der Waals surface area contributed by atoms with Gasteiger partial charge >= 0.3 is 6.18 Å². The SMILES string of the molecule is CCS(=O)(=O)c1sc(-c2ccc(Cl)cc2)nc1-c1nc2cc(C(F)(F)F)n(C)c(=O)c2n1C. The summed E-state index contributed by atoms with van der Waals surface area (Å²) in [5, 5.41) is 0.855. The molecule has 13 heteroatoms. The Morgan fingerprint density at radius 1 is 1.09 bits per heavy atom. The molecule has 0 aliphatic rings. The van der Waals surface area contributed by atoms with Gasteiger partial charge in [0, 0.05) is 24.7 Å². The van der Waals surface area contributed by atoms with Crippen molar-refractivity contribution in [2.75, 3.05) is 5.75 Å². The van der Waals surface area contributed by atoms with Crippen molar-refractivity contribution in [3.63, 3.8) is 0 Å². The van der Waals surface area contributed by atoms with E-state index in [1.807, 2.05) is 0 Å². The first-order chi connectivity index (χ1) is 15.3. The van der Waals surface area contributed by atoms with Crippen molar-refractivity contribution in [2.45, 2.75) is 17.3 Å². The summed E-state index contributed by atoms with van der Waals surface area (Å²) in [4.78, 5) is 21.4. The van der Waals surface area contributed by atoms with E-state index < -0.39 is 27.3 Å². The molecule has 4 rings (SSSR count). The minimum atomic E-state index is -4.77. The molecule has 0 unspecified atom stereocenters. The first-order valence-electron chi connectivity index (χ1n) is 9.48. The zero-order chi connectivity index (χ0) is 24.3. The summed E-state index contributed by atoms with van der Waals surface area (Å²) in [6.45, 7) is 1.47. The Bertz CT molecular complexity index is 1550. The van der Waals surface area contributed by atoms with Crippen molar-refractivity contribution >= 4 is 43.8 Å². The number of hydrogen-bond donors (Lipinski definition) is 0. The number of imidazole rings is 1. The minimum Gasteiger partial charge on any atom is -0.321 e. The summed E-state index contributed by atoms with van der Waals surface area (Å²) in [7, 11) is -1.31. The maximum absolute atomic E-state index is 13.4. The summed E-state index contributed by atoms with van der Waals surface area (Å²) < 4.78 is 67.5. The van der Waals surface area contributed by atoms with E-state index in [0.29, 0.717) is 20.2 Å². The number of rotatable bonds is 4. The van der Waals surface area contributed by atoms with Crippen LogP contribution in [0, 0.1) is 0 Å². The van der Waals surface area contributed by atoms with Crippen LogP contribution in [0.4, 0.5) is 13.2 Å². The molecule has 0 aliphatic carbocycles. The molecule has 0 spiro atoms. The maximum atomic E-state index is 13.4. The minimum absolute atomic E-state index is 0.0232. The van der Waals surface area contributed by atoms with Crippen LogP contribution in [-0.2, 0) is 30.1 Å². The van der Waals surface area contributed by atoms with Gasteiger partial charge in [-0.15, -0.1) is 11.3 Å². The highest BCUT2D eigenvalue weighted by Gasteiger charge is 2.35. The molecule has 0 fully saturated rings. The van der Waals surface area contributed by atoms with E-state index in [4.69, 9.17) is 11.6 Å². The number of benzene rings is 1. The lowest BCUT2D eigenvalue weighted by atomic mass is 10.2. The van der Waals surface area contributed by atoms with Gasteiger partial charge in [0.2, 0.25) is 0 Å². The third kappa shape index (κ3) is 3.96. The van der Waals surface area contributed by atoms with Crippen LogP contribution in [0.2, 0.25) is 5.02 Å². The van der Waals surface area contributed by atoms with E-state index in [0.717, 1.165) is 24.5 Å². The second-order valence-corrected chi connectivity index (χ2v) is 11.1. The fraction of sp³-hybridized carbons (Fsp3) is 0.250. The van der Waals surface area contributed by atoms with Gasteiger partial charge in [0.05, 0.1) is 11.3 Å². The van der Waals surface area contributed by atoms with Gasteiger partial charge in [-0.05, 0) is 18.2 Å². The van der Waals surface area contributed by atoms with E-state index in [-0.39, 0.29) is 32.5 Å². The van der Waals surface area contributed by atoms with E-state index in [2.05, 4.69) is 9.97 Å². The standard InChI is InChI=1S/C20H16ClF3N4O3S2/c1-4-33(30,31)19-14(26-17(32-19)10-5-7-11(21)8-6-10)16-25-12-9-13(20(22,23)24)27(2)18(29)15(12)28(16)3/h5-9H,4H2,1-3H3. The van der Waals surface area contributed by atoms with Crippen molar-refractivity contribution in [3.8, 4) is 22.1 Å². The number of thiazole rings is 1. The third-order valence-electron chi connectivity index (χ3n) is 5.12. The number of pyridine rings is 1. The number of aromatic nitrogens is 4. The molecule has 0 radical (unpaired) electrons. The smallest absolute Gasteiger partial charge is 0.321 e. The van der Waals surface area contributed by atoms with E-state index >= 15 is 0 Å². The van der Waals surface area contributed by atoms with Crippen molar-refractivity contribution in [2.24, 2.45) is 14.1 Å². The lowest BCUT2D eigenvalue weighted by molar-refractivity contribution is -0.143. The Labute approximate surface area is 195 Å². The highest BCUT2D eigenvalue weighted by molar-refractivity contribution is 7.93. The average Bonchev–Trinajstić information content (AvgIpc) is 3.32. The molecule has 0 bridgehead atoms. The summed E-state index contributed by atoms with van der Waals surface area (Å²) in [6, 6.07) is 7.37. The van der Waals surface area contributed by atoms with Crippen LogP contribution in [0.3, 0.4) is 0 Å². The molecule has 3 heterocycles. The number of alkyl halides is 3. The quantitative estimate of drug-likeness (QED) is 0.398. The van der Waals surface area contributed by atoms with Crippen molar-refractivity contribution in [3.05, 3.63) is 51.4 Å². The number of fused-ring (bicyclic) bond motifs is 1. The first-order valence-corrected chi connectivity index (χ1v) is 12.3. The topological polar surface area (TPSA) is 86.8 Å². The highest BCUT2D eigenvalue weighted by Crippen LogP contribution is 2.38. The molecule has 0 atom stereocenters. The summed E-state index contributed by atoms with van der Waals surface area (Å²) >= 11 is 6.85. The van der Waals surface area contributed by atoms with Crippen LogP contribution in [0.5, 0.6) is 0 Å². The fourth-order valence-corrected chi connectivity index (χ4v) is 6.08. The van der Waals surface area contributed by atoms with Crippen LogP contribution in [0.25, 0.3) is 33.1 Å². The number of hydrogen-bond acceptors (Lipinski definition) is 6. The maximum Gasteiger partial charge on any atom is 0.431 e. The summed E-state index contributed by atoms with van der Waals surface area (Å²) in [5.41, 5.74) is -1.79. The predicted octanol–water partition coefficient (Wildman–Crippen LogP) is 4.53. The predicted molar refractivity (Wildman–Crippen MR) is 120 cm³/mol. The molecular formula is C20H16ClF3N4O3S2.